The van der Waals surface area contributed by atoms with Crippen molar-refractivity contribution in [2.24, 2.45) is 0 Å². The first kappa shape index (κ1) is 37.6. The van der Waals surface area contributed by atoms with Gasteiger partial charge in [-0.25, -0.2) is 5.48 Å². The number of aliphatic hydroxyl groups is 2. The summed E-state index contributed by atoms with van der Waals surface area (Å²) in [6.45, 7) is 2.53. The van der Waals surface area contributed by atoms with E-state index in [2.05, 4.69) is 10.2 Å². The van der Waals surface area contributed by atoms with Crippen molar-refractivity contribution in [1.82, 2.24) is 15.7 Å². The highest BCUT2D eigenvalue weighted by atomic mass is 35.5. The van der Waals surface area contributed by atoms with Crippen LogP contribution < -0.4 is 10.8 Å². The van der Waals surface area contributed by atoms with Crippen LogP contribution in [0.5, 0.6) is 0 Å². The molecule has 0 bridgehead atoms. The number of halogens is 1. The molecule has 3 atom stereocenters. The van der Waals surface area contributed by atoms with Crippen molar-refractivity contribution in [1.29, 1.82) is 0 Å². The van der Waals surface area contributed by atoms with Crippen LogP contribution in [0.3, 0.4) is 0 Å². The molecule has 11 heteroatoms. The predicted molar refractivity (Wildman–Crippen MR) is 197 cm³/mol. The van der Waals surface area contributed by atoms with Crippen molar-refractivity contribution in [2.75, 3.05) is 19.6 Å². The van der Waals surface area contributed by atoms with Crippen molar-refractivity contribution in [3.63, 3.8) is 0 Å². The number of carbonyl (C=O) groups is 2. The topological polar surface area (TPSA) is 141 Å². The second kappa shape index (κ2) is 17.6. The molecule has 0 spiro atoms. The maximum Gasteiger partial charge on any atom is 0.243 e. The normalized spacial score (nSPS) is 20.3. The third-order valence-electron chi connectivity index (χ3n) is 10.0. The van der Waals surface area contributed by atoms with Crippen molar-refractivity contribution in [3.8, 4) is 11.1 Å². The number of nitrogens with one attached hydrogen (secondary N) is 2. The van der Waals surface area contributed by atoms with E-state index in [0.717, 1.165) is 52.0 Å². The molecule has 2 amide bonds. The summed E-state index contributed by atoms with van der Waals surface area (Å²) in [5, 5.41) is 33.2. The molecule has 0 aromatic heterocycles. The van der Waals surface area contributed by atoms with E-state index < -0.39 is 17.8 Å². The highest BCUT2D eigenvalue weighted by molar-refractivity contribution is 6.30. The average molecular weight is 728 g/mol. The van der Waals surface area contributed by atoms with Gasteiger partial charge in [0.15, 0.2) is 6.29 Å². The van der Waals surface area contributed by atoms with Gasteiger partial charge in [0.1, 0.15) is 0 Å². The zero-order valence-electron chi connectivity index (χ0n) is 29.0. The van der Waals surface area contributed by atoms with E-state index in [1.54, 1.807) is 5.48 Å². The third-order valence-corrected chi connectivity index (χ3v) is 10.3. The molecule has 52 heavy (non-hydrogen) atoms. The summed E-state index contributed by atoms with van der Waals surface area (Å²) in [4.78, 5) is 25.8. The monoisotopic (exact) mass is 727 g/mol. The molecule has 4 aromatic carbocycles. The van der Waals surface area contributed by atoms with Crippen LogP contribution in [0.25, 0.3) is 11.1 Å². The van der Waals surface area contributed by atoms with Crippen LogP contribution in [0.15, 0.2) is 97.1 Å². The van der Waals surface area contributed by atoms with Gasteiger partial charge in [-0.3, -0.25) is 14.8 Å². The molecule has 2 heterocycles. The Balaban J connectivity index is 1.11. The summed E-state index contributed by atoms with van der Waals surface area (Å²) >= 11 is 6.09. The summed E-state index contributed by atoms with van der Waals surface area (Å²) in [5.74, 6) is -0.668. The lowest BCUT2D eigenvalue weighted by atomic mass is 9.84. The van der Waals surface area contributed by atoms with Gasteiger partial charge in [0.25, 0.3) is 0 Å². The summed E-state index contributed by atoms with van der Waals surface area (Å²) in [5.41, 5.74) is 7.33. The van der Waals surface area contributed by atoms with Gasteiger partial charge < -0.3 is 29.9 Å². The van der Waals surface area contributed by atoms with Crippen LogP contribution in [0.1, 0.15) is 78.7 Å². The molecule has 0 unspecified atom stereocenters. The Morgan fingerprint density at radius 2 is 1.52 bits per heavy atom. The third kappa shape index (κ3) is 9.84. The molecule has 0 saturated carbocycles. The fourth-order valence-electron chi connectivity index (χ4n) is 6.92. The Morgan fingerprint density at radius 3 is 2.21 bits per heavy atom. The molecule has 0 aliphatic carbocycles. The molecule has 2 saturated heterocycles. The highest BCUT2D eigenvalue weighted by Gasteiger charge is 2.37. The van der Waals surface area contributed by atoms with E-state index >= 15 is 0 Å². The number of hydrogen-bond acceptors (Lipinski definition) is 8. The van der Waals surface area contributed by atoms with Crippen molar-refractivity contribution in [2.45, 2.75) is 75.8 Å². The number of rotatable bonds is 13. The molecule has 2 aliphatic heterocycles. The van der Waals surface area contributed by atoms with Crippen molar-refractivity contribution < 1.29 is 34.5 Å². The number of hydrogen-bond donors (Lipinski definition) is 5. The van der Waals surface area contributed by atoms with Crippen LogP contribution >= 0.6 is 11.6 Å². The summed E-state index contributed by atoms with van der Waals surface area (Å²) in [6.07, 6.45) is 1.64. The Labute approximate surface area is 309 Å². The predicted octanol–water partition coefficient (Wildman–Crippen LogP) is 6.32. The fourth-order valence-corrected chi connectivity index (χ4v) is 7.05. The first-order valence-electron chi connectivity index (χ1n) is 17.8. The number of nitrogens with zero attached hydrogens (tertiary/aromatic N) is 1. The van der Waals surface area contributed by atoms with Gasteiger partial charge in [-0.05, 0) is 70.8 Å². The number of hydroxylamine groups is 1. The number of carbonyl (C=O) groups excluding carboxylic acids is 2. The molecule has 5 N–H and O–H groups in total. The number of amides is 2. The van der Waals surface area contributed by atoms with Gasteiger partial charge in [0, 0.05) is 56.0 Å². The van der Waals surface area contributed by atoms with Gasteiger partial charge >= 0.3 is 0 Å². The highest BCUT2D eigenvalue weighted by Crippen LogP contribution is 2.40. The van der Waals surface area contributed by atoms with Crippen LogP contribution in [-0.4, -0.2) is 57.9 Å². The zero-order valence-corrected chi connectivity index (χ0v) is 29.8. The lowest BCUT2D eigenvalue weighted by Gasteiger charge is -2.42. The van der Waals surface area contributed by atoms with Crippen molar-refractivity contribution in [3.05, 3.63) is 130 Å². The van der Waals surface area contributed by atoms with Gasteiger partial charge in [0.05, 0.1) is 24.4 Å². The minimum atomic E-state index is -0.881. The van der Waals surface area contributed by atoms with Gasteiger partial charge in [0.2, 0.25) is 11.8 Å². The van der Waals surface area contributed by atoms with E-state index in [1.165, 1.54) is 0 Å². The molecular formula is C41H46ClN3O7. The standard InChI is InChI=1S/C41H46ClN3O7/c42-35-17-15-34(16-18-35)41(49)19-21-45(22-20-41)26-36-24-37(31-9-7-28(27-46)8-10-31)52-40(51-36)32-13-11-30(12-14-32)33-4-1-3-29(23-33)25-43-38(47)5-2-6-39(48)44-50/h1,3-4,7-18,23,36-37,40,46,49-50H,2,5-6,19-22,24-27H2,(H,43,47)(H,44,48)/t36-,37+,40+/m1/s1. The Kier molecular flexibility index (Phi) is 12.7. The van der Waals surface area contributed by atoms with Gasteiger partial charge in [-0.15, -0.1) is 0 Å². The van der Waals surface area contributed by atoms with Gasteiger partial charge in [-0.1, -0.05) is 90.5 Å². The lowest BCUT2D eigenvalue weighted by Crippen LogP contribution is -2.46. The first-order chi connectivity index (χ1) is 25.2. The molecular weight excluding hydrogens is 682 g/mol. The average Bonchev–Trinajstić information content (AvgIpc) is 3.18. The van der Waals surface area contributed by atoms with Crippen LogP contribution in [0.4, 0.5) is 0 Å². The smallest absolute Gasteiger partial charge is 0.243 e. The quantitative estimate of drug-likeness (QED) is 0.0797. The van der Waals surface area contributed by atoms with E-state index in [1.807, 2.05) is 97.1 Å². The Bertz CT molecular complexity index is 1780. The number of piperidine rings is 1. The Hall–Kier alpha value is -4.13. The maximum atomic E-state index is 12.2. The summed E-state index contributed by atoms with van der Waals surface area (Å²) < 4.78 is 13.2. The molecule has 274 valence electrons. The molecule has 6 rings (SSSR count). The summed E-state index contributed by atoms with van der Waals surface area (Å²) in [7, 11) is 0. The van der Waals surface area contributed by atoms with E-state index in [-0.39, 0.29) is 37.6 Å². The minimum Gasteiger partial charge on any atom is -0.392 e. The SMILES string of the molecule is O=C(CCCC(=O)NCc1cccc(-c2ccc([C@H]3O[C@@H](CN4CCC(O)(c5ccc(Cl)cc5)CC4)C[C@@H](c4ccc(CO)cc4)O3)cc2)c1)NO. The molecule has 10 nitrogen and oxygen atoms in total. The largest absolute Gasteiger partial charge is 0.392 e. The second-order valence-electron chi connectivity index (χ2n) is 13.7. The molecule has 2 aliphatic rings. The number of likely N-dealkylation sites (tertiary alicyclic amines) is 1. The first-order valence-corrected chi connectivity index (χ1v) is 18.2. The minimum absolute atomic E-state index is 0.0191. The number of ether oxygens (including phenoxy) is 2. The van der Waals surface area contributed by atoms with E-state index in [9.17, 15) is 19.8 Å². The zero-order chi connectivity index (χ0) is 36.5. The van der Waals surface area contributed by atoms with Crippen LogP contribution in [-0.2, 0) is 37.8 Å². The van der Waals surface area contributed by atoms with Crippen molar-refractivity contribution >= 4 is 23.4 Å². The fraction of sp³-hybridized carbons (Fsp3) is 0.366. The lowest BCUT2D eigenvalue weighted by molar-refractivity contribution is -0.253. The number of aliphatic hydroxyl groups excluding tert-OH is 1. The summed E-state index contributed by atoms with van der Waals surface area (Å²) in [6, 6.07) is 31.5. The molecule has 0 radical (unpaired) electrons. The second-order valence-corrected chi connectivity index (χ2v) is 14.1. The van der Waals surface area contributed by atoms with Gasteiger partial charge in [-0.2, -0.15) is 0 Å². The van der Waals surface area contributed by atoms with E-state index in [4.69, 9.17) is 26.3 Å². The number of benzene rings is 4. The maximum absolute atomic E-state index is 12.2. The molecule has 4 aromatic rings. The van der Waals surface area contributed by atoms with Crippen LogP contribution in [0.2, 0.25) is 5.02 Å². The van der Waals surface area contributed by atoms with Crippen LogP contribution in [0, 0.1) is 0 Å². The molecule has 2 fully saturated rings. The van der Waals surface area contributed by atoms with E-state index in [0.29, 0.717) is 43.8 Å². The Morgan fingerprint density at radius 1 is 0.827 bits per heavy atom.